The fourth-order valence-electron chi connectivity index (χ4n) is 1.54. The fraction of sp³-hybridized carbons (Fsp3) is 0.154. The van der Waals surface area contributed by atoms with E-state index in [4.69, 9.17) is 23.2 Å². The summed E-state index contributed by atoms with van der Waals surface area (Å²) >= 11 is 13.2. The number of aromatic nitrogens is 1. The number of hydrogen-bond donors (Lipinski definition) is 0. The second-order valence-corrected chi connectivity index (χ2v) is 5.66. The minimum absolute atomic E-state index is 0.0959. The molecule has 18 heavy (non-hydrogen) atoms. The first-order chi connectivity index (χ1) is 8.58. The van der Waals surface area contributed by atoms with Crippen molar-refractivity contribution in [2.45, 2.75) is 4.90 Å². The molecule has 0 N–H and O–H groups in total. The van der Waals surface area contributed by atoms with Crippen molar-refractivity contribution in [1.29, 1.82) is 0 Å². The largest absolute Gasteiger partial charge is 0.348 e. The van der Waals surface area contributed by atoms with Crippen LogP contribution >= 0.6 is 35.0 Å². The zero-order valence-electron chi connectivity index (χ0n) is 9.69. The number of ketones is 1. The normalized spacial score (nSPS) is 10.6. The Balaban J connectivity index is 2.02. The summed E-state index contributed by atoms with van der Waals surface area (Å²) in [7, 11) is 1.86. The number of Topliss-reactive ketones (excluding diaryl/α,β-unsaturated/α-hetero) is 1. The van der Waals surface area contributed by atoms with E-state index < -0.39 is 0 Å². The summed E-state index contributed by atoms with van der Waals surface area (Å²) in [6.07, 6.45) is 1.86. The van der Waals surface area contributed by atoms with Crippen LogP contribution in [0.4, 0.5) is 0 Å². The predicted octanol–water partition coefficient (Wildman–Crippen LogP) is 4.31. The molecule has 5 heteroatoms. The lowest BCUT2D eigenvalue weighted by atomic mass is 10.3. The molecule has 1 heterocycles. The molecule has 0 amide bonds. The van der Waals surface area contributed by atoms with Crippen LogP contribution in [0.25, 0.3) is 0 Å². The highest BCUT2D eigenvalue weighted by atomic mass is 35.5. The SMILES string of the molecule is Cn1cccc1C(=O)CSc1ccc(Cl)c(Cl)c1. The molecule has 0 radical (unpaired) electrons. The first kappa shape index (κ1) is 13.5. The van der Waals surface area contributed by atoms with Crippen LogP contribution in [0.15, 0.2) is 41.4 Å². The predicted molar refractivity (Wildman–Crippen MR) is 76.9 cm³/mol. The lowest BCUT2D eigenvalue weighted by Gasteiger charge is -2.04. The number of nitrogens with zero attached hydrogens (tertiary/aromatic N) is 1. The molecule has 0 aliphatic heterocycles. The van der Waals surface area contributed by atoms with Gasteiger partial charge < -0.3 is 4.57 Å². The maximum atomic E-state index is 12.0. The van der Waals surface area contributed by atoms with Gasteiger partial charge >= 0.3 is 0 Å². The maximum absolute atomic E-state index is 12.0. The molecule has 0 aliphatic rings. The number of benzene rings is 1. The highest BCUT2D eigenvalue weighted by Crippen LogP contribution is 2.28. The molecule has 2 rings (SSSR count). The molecule has 0 bridgehead atoms. The van der Waals surface area contributed by atoms with Gasteiger partial charge in [0, 0.05) is 18.1 Å². The van der Waals surface area contributed by atoms with Gasteiger partial charge in [0.1, 0.15) is 0 Å². The van der Waals surface area contributed by atoms with Gasteiger partial charge in [0.25, 0.3) is 0 Å². The van der Waals surface area contributed by atoms with Crippen LogP contribution in [-0.4, -0.2) is 16.1 Å². The average molecular weight is 300 g/mol. The number of hydrogen-bond acceptors (Lipinski definition) is 2. The highest BCUT2D eigenvalue weighted by molar-refractivity contribution is 8.00. The van der Waals surface area contributed by atoms with Gasteiger partial charge in [-0.2, -0.15) is 0 Å². The standard InChI is InChI=1S/C13H11Cl2NOS/c1-16-6-2-3-12(16)13(17)8-18-9-4-5-10(14)11(15)7-9/h2-7H,8H2,1H3. The van der Waals surface area contributed by atoms with Crippen molar-refractivity contribution in [3.63, 3.8) is 0 Å². The Bertz CT molecular complexity index is 580. The Morgan fingerprint density at radius 2 is 2.06 bits per heavy atom. The molecule has 0 saturated heterocycles. The molecule has 94 valence electrons. The van der Waals surface area contributed by atoms with E-state index in [1.54, 1.807) is 12.1 Å². The molecule has 2 nitrogen and oxygen atoms in total. The van der Waals surface area contributed by atoms with Gasteiger partial charge in [-0.15, -0.1) is 11.8 Å². The number of halogens is 2. The molecule has 0 fully saturated rings. The Hall–Kier alpha value is -0.900. The highest BCUT2D eigenvalue weighted by Gasteiger charge is 2.10. The van der Waals surface area contributed by atoms with E-state index in [2.05, 4.69) is 0 Å². The van der Waals surface area contributed by atoms with Crippen molar-refractivity contribution in [3.8, 4) is 0 Å². The van der Waals surface area contributed by atoms with Gasteiger partial charge in [-0.05, 0) is 30.3 Å². The van der Waals surface area contributed by atoms with E-state index in [0.29, 0.717) is 21.5 Å². The maximum Gasteiger partial charge on any atom is 0.189 e. The monoisotopic (exact) mass is 299 g/mol. The van der Waals surface area contributed by atoms with Crippen molar-refractivity contribution in [1.82, 2.24) is 4.57 Å². The summed E-state index contributed by atoms with van der Waals surface area (Å²) in [6.45, 7) is 0. The van der Waals surface area contributed by atoms with E-state index in [1.165, 1.54) is 11.8 Å². The van der Waals surface area contributed by atoms with Gasteiger partial charge in [-0.3, -0.25) is 4.79 Å². The van der Waals surface area contributed by atoms with Crippen LogP contribution in [0.1, 0.15) is 10.5 Å². The van der Waals surface area contributed by atoms with E-state index >= 15 is 0 Å². The number of carbonyl (C=O) groups excluding carboxylic acids is 1. The molecular weight excluding hydrogens is 289 g/mol. The van der Waals surface area contributed by atoms with Crippen LogP contribution in [0.5, 0.6) is 0 Å². The van der Waals surface area contributed by atoms with Crippen LogP contribution < -0.4 is 0 Å². The molecule has 0 spiro atoms. The Morgan fingerprint density at radius 3 is 2.67 bits per heavy atom. The molecular formula is C13H11Cl2NOS. The Labute approximate surface area is 120 Å². The third-order valence-electron chi connectivity index (χ3n) is 2.49. The minimum Gasteiger partial charge on any atom is -0.348 e. The molecule has 0 saturated carbocycles. The molecule has 2 aromatic rings. The number of rotatable bonds is 4. The van der Waals surface area contributed by atoms with Crippen LogP contribution in [-0.2, 0) is 7.05 Å². The van der Waals surface area contributed by atoms with Gasteiger partial charge in [-0.1, -0.05) is 23.2 Å². The van der Waals surface area contributed by atoms with Crippen LogP contribution in [0.2, 0.25) is 10.0 Å². The van der Waals surface area contributed by atoms with E-state index in [0.717, 1.165) is 4.90 Å². The van der Waals surface area contributed by atoms with Crippen molar-refractivity contribution >= 4 is 40.7 Å². The number of thioether (sulfide) groups is 1. The summed E-state index contributed by atoms with van der Waals surface area (Å²) in [5.41, 5.74) is 0.711. The molecule has 0 unspecified atom stereocenters. The van der Waals surface area contributed by atoms with Crippen molar-refractivity contribution in [2.75, 3.05) is 5.75 Å². The topological polar surface area (TPSA) is 22.0 Å². The smallest absolute Gasteiger partial charge is 0.189 e. The zero-order chi connectivity index (χ0) is 13.1. The number of carbonyl (C=O) groups is 1. The van der Waals surface area contributed by atoms with E-state index in [9.17, 15) is 4.79 Å². The molecule has 1 aromatic heterocycles. The zero-order valence-corrected chi connectivity index (χ0v) is 12.0. The van der Waals surface area contributed by atoms with Gasteiger partial charge in [0.05, 0.1) is 21.5 Å². The van der Waals surface area contributed by atoms with Gasteiger partial charge in [0.2, 0.25) is 0 Å². The summed E-state index contributed by atoms with van der Waals surface area (Å²) in [5, 5.41) is 1.03. The minimum atomic E-state index is 0.0959. The van der Waals surface area contributed by atoms with E-state index in [-0.39, 0.29) is 5.78 Å². The molecule has 0 aliphatic carbocycles. The quantitative estimate of drug-likeness (QED) is 0.620. The summed E-state index contributed by atoms with van der Waals surface area (Å²) in [6, 6.07) is 9.04. The lowest BCUT2D eigenvalue weighted by Crippen LogP contribution is -2.07. The average Bonchev–Trinajstić information content (AvgIpc) is 2.77. The van der Waals surface area contributed by atoms with Crippen LogP contribution in [0, 0.1) is 0 Å². The first-order valence-electron chi connectivity index (χ1n) is 5.30. The first-order valence-corrected chi connectivity index (χ1v) is 7.04. The summed E-state index contributed by atoms with van der Waals surface area (Å²) in [5.74, 6) is 0.481. The van der Waals surface area contributed by atoms with Crippen molar-refractivity contribution in [2.24, 2.45) is 7.05 Å². The second-order valence-electron chi connectivity index (χ2n) is 3.79. The van der Waals surface area contributed by atoms with Gasteiger partial charge in [-0.25, -0.2) is 0 Å². The van der Waals surface area contributed by atoms with Crippen molar-refractivity contribution in [3.05, 3.63) is 52.3 Å². The Kier molecular flexibility index (Phi) is 4.38. The lowest BCUT2D eigenvalue weighted by molar-refractivity contribution is 0.101. The molecule has 1 aromatic carbocycles. The molecule has 0 atom stereocenters. The van der Waals surface area contributed by atoms with Crippen molar-refractivity contribution < 1.29 is 4.79 Å². The third-order valence-corrected chi connectivity index (χ3v) is 4.22. The van der Waals surface area contributed by atoms with Gasteiger partial charge in [0.15, 0.2) is 5.78 Å². The van der Waals surface area contributed by atoms with E-state index in [1.807, 2.05) is 36.0 Å². The summed E-state index contributed by atoms with van der Waals surface area (Å²) < 4.78 is 1.82. The fourth-order valence-corrected chi connectivity index (χ4v) is 2.71. The van der Waals surface area contributed by atoms with Crippen LogP contribution in [0.3, 0.4) is 0 Å². The number of aryl methyl sites for hydroxylation is 1. The Morgan fingerprint density at radius 1 is 1.28 bits per heavy atom. The third kappa shape index (κ3) is 3.10. The second kappa shape index (κ2) is 5.83. The summed E-state index contributed by atoms with van der Waals surface area (Å²) in [4.78, 5) is 12.9.